The molecule has 0 saturated carbocycles. The number of alkyl halides is 3. The van der Waals surface area contributed by atoms with Gasteiger partial charge in [0, 0.05) is 30.8 Å². The van der Waals surface area contributed by atoms with Crippen LogP contribution in [-0.4, -0.2) is 22.5 Å². The molecular formula is C22H23F3N2. The van der Waals surface area contributed by atoms with E-state index in [1.807, 2.05) is 18.3 Å². The van der Waals surface area contributed by atoms with E-state index in [4.69, 9.17) is 0 Å². The first kappa shape index (κ1) is 19.2. The van der Waals surface area contributed by atoms with Crippen molar-refractivity contribution in [3.63, 3.8) is 0 Å². The van der Waals surface area contributed by atoms with Crippen molar-refractivity contribution in [3.8, 4) is 0 Å². The summed E-state index contributed by atoms with van der Waals surface area (Å²) in [5, 5.41) is 1.19. The van der Waals surface area contributed by atoms with E-state index in [1.54, 1.807) is 0 Å². The van der Waals surface area contributed by atoms with Crippen molar-refractivity contribution in [2.24, 2.45) is 0 Å². The highest BCUT2D eigenvalue weighted by atomic mass is 19.4. The molecule has 0 radical (unpaired) electrons. The van der Waals surface area contributed by atoms with Gasteiger partial charge in [0.05, 0.1) is 5.56 Å². The van der Waals surface area contributed by atoms with E-state index in [2.05, 4.69) is 48.0 Å². The molecule has 0 bridgehead atoms. The van der Waals surface area contributed by atoms with Gasteiger partial charge in [-0.25, -0.2) is 0 Å². The topological polar surface area (TPSA) is 19.0 Å². The molecular weight excluding hydrogens is 349 g/mol. The molecule has 0 aliphatic carbocycles. The van der Waals surface area contributed by atoms with Crippen LogP contribution in [0.5, 0.6) is 0 Å². The SMILES string of the molecule is CC(C)N(CC=Cc1ccc(C(F)(F)F)cc1)Cc1cccc2cc[nH]c12. The fourth-order valence-electron chi connectivity index (χ4n) is 3.07. The van der Waals surface area contributed by atoms with Crippen LogP contribution in [0.15, 0.2) is 60.8 Å². The number of H-pyrrole nitrogens is 1. The Morgan fingerprint density at radius 2 is 1.78 bits per heavy atom. The Hall–Kier alpha value is -2.53. The van der Waals surface area contributed by atoms with Crippen LogP contribution >= 0.6 is 0 Å². The van der Waals surface area contributed by atoms with E-state index >= 15 is 0 Å². The van der Waals surface area contributed by atoms with Crippen molar-refractivity contribution < 1.29 is 13.2 Å². The minimum absolute atomic E-state index is 0.340. The zero-order valence-electron chi connectivity index (χ0n) is 15.4. The van der Waals surface area contributed by atoms with Crippen LogP contribution in [-0.2, 0) is 12.7 Å². The Kier molecular flexibility index (Phi) is 5.71. The van der Waals surface area contributed by atoms with E-state index in [0.717, 1.165) is 36.3 Å². The van der Waals surface area contributed by atoms with Gasteiger partial charge in [-0.3, -0.25) is 4.90 Å². The number of fused-ring (bicyclic) bond motifs is 1. The average molecular weight is 372 g/mol. The molecule has 0 aliphatic heterocycles. The van der Waals surface area contributed by atoms with Crippen LogP contribution in [0.25, 0.3) is 17.0 Å². The van der Waals surface area contributed by atoms with Crippen molar-refractivity contribution in [2.75, 3.05) is 6.54 Å². The maximum absolute atomic E-state index is 12.6. The number of para-hydroxylation sites is 1. The van der Waals surface area contributed by atoms with E-state index < -0.39 is 11.7 Å². The number of benzene rings is 2. The van der Waals surface area contributed by atoms with Crippen LogP contribution in [0.4, 0.5) is 13.2 Å². The summed E-state index contributed by atoms with van der Waals surface area (Å²) in [6.45, 7) is 5.80. The summed E-state index contributed by atoms with van der Waals surface area (Å²) < 4.78 is 37.9. The van der Waals surface area contributed by atoms with Gasteiger partial charge in [0.1, 0.15) is 0 Å². The number of hydrogen-bond donors (Lipinski definition) is 1. The largest absolute Gasteiger partial charge is 0.416 e. The summed E-state index contributed by atoms with van der Waals surface area (Å²) in [7, 11) is 0. The Morgan fingerprint density at radius 3 is 2.44 bits per heavy atom. The van der Waals surface area contributed by atoms with Crippen molar-refractivity contribution in [1.82, 2.24) is 9.88 Å². The molecule has 0 spiro atoms. The highest BCUT2D eigenvalue weighted by Crippen LogP contribution is 2.29. The minimum Gasteiger partial charge on any atom is -0.361 e. The lowest BCUT2D eigenvalue weighted by Crippen LogP contribution is -2.30. The quantitative estimate of drug-likeness (QED) is 0.553. The number of hydrogen-bond acceptors (Lipinski definition) is 1. The van der Waals surface area contributed by atoms with Crippen molar-refractivity contribution >= 4 is 17.0 Å². The molecule has 1 N–H and O–H groups in total. The third-order valence-corrected chi connectivity index (χ3v) is 4.67. The number of aromatic amines is 1. The van der Waals surface area contributed by atoms with Crippen molar-refractivity contribution in [2.45, 2.75) is 32.6 Å². The number of aromatic nitrogens is 1. The Bertz CT molecular complexity index is 905. The van der Waals surface area contributed by atoms with Crippen LogP contribution < -0.4 is 0 Å². The molecule has 0 aliphatic rings. The van der Waals surface area contributed by atoms with E-state index in [0.29, 0.717) is 6.04 Å². The van der Waals surface area contributed by atoms with E-state index in [9.17, 15) is 13.2 Å². The molecule has 2 nitrogen and oxygen atoms in total. The number of halogens is 3. The van der Waals surface area contributed by atoms with Gasteiger partial charge in [-0.2, -0.15) is 13.2 Å². The lowest BCUT2D eigenvalue weighted by atomic mass is 10.1. The predicted octanol–water partition coefficient (Wildman–Crippen LogP) is 6.11. The normalized spacial score (nSPS) is 12.7. The van der Waals surface area contributed by atoms with Gasteiger partial charge >= 0.3 is 6.18 Å². The summed E-state index contributed by atoms with van der Waals surface area (Å²) >= 11 is 0. The first-order valence-corrected chi connectivity index (χ1v) is 8.97. The van der Waals surface area contributed by atoms with Crippen LogP contribution in [0.2, 0.25) is 0 Å². The zero-order chi connectivity index (χ0) is 19.4. The van der Waals surface area contributed by atoms with Crippen LogP contribution in [0, 0.1) is 0 Å². The summed E-state index contributed by atoms with van der Waals surface area (Å²) in [6, 6.07) is 13.9. The molecule has 2 aromatic carbocycles. The van der Waals surface area contributed by atoms with Gasteiger partial charge in [-0.1, -0.05) is 42.5 Å². The fraction of sp³-hybridized carbons (Fsp3) is 0.273. The maximum atomic E-state index is 12.6. The lowest BCUT2D eigenvalue weighted by molar-refractivity contribution is -0.137. The van der Waals surface area contributed by atoms with Crippen LogP contribution in [0.3, 0.4) is 0 Å². The van der Waals surface area contributed by atoms with Gasteiger partial charge in [-0.05, 0) is 48.6 Å². The summed E-state index contributed by atoms with van der Waals surface area (Å²) in [4.78, 5) is 5.61. The second-order valence-electron chi connectivity index (χ2n) is 6.90. The average Bonchev–Trinajstić information content (AvgIpc) is 3.10. The standard InChI is InChI=1S/C22H23F3N2/c1-16(2)27(15-19-7-3-6-18-12-13-26-21(18)19)14-4-5-17-8-10-20(11-9-17)22(23,24)25/h3-13,16,26H,14-15H2,1-2H3. The van der Waals surface area contributed by atoms with Gasteiger partial charge in [-0.15, -0.1) is 0 Å². The molecule has 142 valence electrons. The molecule has 1 aromatic heterocycles. The molecule has 0 saturated heterocycles. The van der Waals surface area contributed by atoms with Crippen LogP contribution in [0.1, 0.15) is 30.5 Å². The highest BCUT2D eigenvalue weighted by Gasteiger charge is 2.29. The molecule has 0 amide bonds. The Balaban J connectivity index is 1.68. The third-order valence-electron chi connectivity index (χ3n) is 4.67. The third kappa shape index (κ3) is 4.80. The first-order chi connectivity index (χ1) is 12.8. The molecule has 27 heavy (non-hydrogen) atoms. The molecule has 1 heterocycles. The highest BCUT2D eigenvalue weighted by molar-refractivity contribution is 5.82. The molecule has 0 unspecified atom stereocenters. The molecule has 3 rings (SSSR count). The zero-order valence-corrected chi connectivity index (χ0v) is 15.4. The number of rotatable bonds is 6. The first-order valence-electron chi connectivity index (χ1n) is 8.97. The molecule has 5 heteroatoms. The van der Waals surface area contributed by atoms with Gasteiger partial charge in [0.25, 0.3) is 0 Å². The Labute approximate surface area is 157 Å². The lowest BCUT2D eigenvalue weighted by Gasteiger charge is -2.25. The number of nitrogens with zero attached hydrogens (tertiary/aromatic N) is 1. The van der Waals surface area contributed by atoms with Crippen molar-refractivity contribution in [3.05, 3.63) is 77.5 Å². The molecule has 0 atom stereocenters. The predicted molar refractivity (Wildman–Crippen MR) is 104 cm³/mol. The van der Waals surface area contributed by atoms with Gasteiger partial charge < -0.3 is 4.98 Å². The monoisotopic (exact) mass is 372 g/mol. The maximum Gasteiger partial charge on any atom is 0.416 e. The minimum atomic E-state index is -4.30. The van der Waals surface area contributed by atoms with Gasteiger partial charge in [0.15, 0.2) is 0 Å². The second kappa shape index (κ2) is 8.01. The summed E-state index contributed by atoms with van der Waals surface area (Å²) in [5.74, 6) is 0. The molecule has 3 aromatic rings. The van der Waals surface area contributed by atoms with E-state index in [-0.39, 0.29) is 0 Å². The fourth-order valence-corrected chi connectivity index (χ4v) is 3.07. The summed E-state index contributed by atoms with van der Waals surface area (Å²) in [5.41, 5.74) is 2.52. The van der Waals surface area contributed by atoms with Crippen molar-refractivity contribution in [1.29, 1.82) is 0 Å². The second-order valence-corrected chi connectivity index (χ2v) is 6.90. The molecule has 0 fully saturated rings. The smallest absolute Gasteiger partial charge is 0.361 e. The van der Waals surface area contributed by atoms with Gasteiger partial charge in [0.2, 0.25) is 0 Å². The van der Waals surface area contributed by atoms with E-state index in [1.165, 1.54) is 23.1 Å². The summed E-state index contributed by atoms with van der Waals surface area (Å²) in [6.07, 6.45) is 1.51. The number of nitrogens with one attached hydrogen (secondary N) is 1. The Morgan fingerprint density at radius 1 is 1.04 bits per heavy atom.